The number of nitrogens with zero attached hydrogens (tertiary/aromatic N) is 2. The zero-order valence-electron chi connectivity index (χ0n) is 17.8. The quantitative estimate of drug-likeness (QED) is 0.649. The second-order valence-electron chi connectivity index (χ2n) is 8.51. The third-order valence-electron chi connectivity index (χ3n) is 5.64. The Hall–Kier alpha value is -3.13. The number of pyridine rings is 1. The van der Waals surface area contributed by atoms with Gasteiger partial charge in [0.1, 0.15) is 11.4 Å². The molecule has 0 bridgehead atoms. The van der Waals surface area contributed by atoms with E-state index in [1.807, 2.05) is 48.2 Å². The molecule has 1 aliphatic rings. The topological polar surface area (TPSA) is 105 Å². The average Bonchev–Trinajstić information content (AvgIpc) is 2.84. The minimum atomic E-state index is -3.36. The molecular formula is C23H26N4O3S. The Balaban J connectivity index is 1.83. The highest BCUT2D eigenvalue weighted by atomic mass is 32.2. The molecule has 4 rings (SSSR count). The lowest BCUT2D eigenvalue weighted by Gasteiger charge is -2.27. The van der Waals surface area contributed by atoms with Gasteiger partial charge in [-0.2, -0.15) is 0 Å². The monoisotopic (exact) mass is 438 g/mol. The van der Waals surface area contributed by atoms with E-state index in [9.17, 15) is 13.2 Å². The summed E-state index contributed by atoms with van der Waals surface area (Å²) in [5.74, 6) is 0.181. The maximum atomic E-state index is 12.7. The van der Waals surface area contributed by atoms with Crippen LogP contribution in [0, 0.1) is 6.92 Å². The molecule has 0 saturated heterocycles. The van der Waals surface area contributed by atoms with Crippen LogP contribution < -0.4 is 16.0 Å². The number of hydrogen-bond acceptors (Lipinski definition) is 6. The number of rotatable bonds is 4. The number of nitrogens with two attached hydrogens (primary N) is 1. The normalized spacial score (nSPS) is 15.9. The standard InChI is InChI=1S/C23H26N4O3S/c1-15-8-9-18-17(12-15)19(26-23(2,3)22(24)28)13-21(25-18)27-10-11-31(29,30)20-7-5-4-6-16(20)14-27/h4-9,12-13H,10-11,14H2,1-3H3,(H2,24,28)(H,25,26). The molecule has 3 aromatic rings. The molecule has 8 heteroatoms. The van der Waals surface area contributed by atoms with Crippen LogP contribution in [0.1, 0.15) is 25.0 Å². The van der Waals surface area contributed by atoms with E-state index in [2.05, 4.69) is 5.32 Å². The van der Waals surface area contributed by atoms with Crippen molar-refractivity contribution in [3.8, 4) is 0 Å². The fraction of sp³-hybridized carbons (Fsp3) is 0.304. The molecule has 2 aromatic carbocycles. The Kier molecular flexibility index (Phi) is 5.13. The number of primary amides is 1. The zero-order chi connectivity index (χ0) is 22.4. The Morgan fingerprint density at radius 2 is 1.90 bits per heavy atom. The summed E-state index contributed by atoms with van der Waals surface area (Å²) in [6, 6.07) is 14.9. The third-order valence-corrected chi connectivity index (χ3v) is 7.43. The molecule has 1 aliphatic heterocycles. The van der Waals surface area contributed by atoms with Crippen molar-refractivity contribution in [2.45, 2.75) is 37.8 Å². The van der Waals surface area contributed by atoms with Crippen LogP contribution in [0.4, 0.5) is 11.5 Å². The zero-order valence-corrected chi connectivity index (χ0v) is 18.7. The minimum absolute atomic E-state index is 0.00711. The van der Waals surface area contributed by atoms with Gasteiger partial charge >= 0.3 is 0 Å². The molecule has 2 heterocycles. The van der Waals surface area contributed by atoms with Gasteiger partial charge in [-0.05, 0) is 44.5 Å². The molecule has 0 aliphatic carbocycles. The van der Waals surface area contributed by atoms with E-state index in [1.54, 1.807) is 26.0 Å². The lowest BCUT2D eigenvalue weighted by atomic mass is 10.0. The van der Waals surface area contributed by atoms with Gasteiger partial charge in [0.25, 0.3) is 0 Å². The number of sulfone groups is 1. The van der Waals surface area contributed by atoms with E-state index in [1.165, 1.54) is 0 Å². The Morgan fingerprint density at radius 3 is 2.65 bits per heavy atom. The average molecular weight is 439 g/mol. The van der Waals surface area contributed by atoms with Gasteiger partial charge in [-0.25, -0.2) is 13.4 Å². The summed E-state index contributed by atoms with van der Waals surface area (Å²) in [4.78, 5) is 19.1. The van der Waals surface area contributed by atoms with Crippen molar-refractivity contribution in [2.75, 3.05) is 22.5 Å². The molecule has 3 N–H and O–H groups in total. The second-order valence-corrected chi connectivity index (χ2v) is 10.6. The van der Waals surface area contributed by atoms with Crippen LogP contribution >= 0.6 is 0 Å². The van der Waals surface area contributed by atoms with Crippen molar-refractivity contribution in [3.63, 3.8) is 0 Å². The van der Waals surface area contributed by atoms with E-state index in [4.69, 9.17) is 10.7 Å². The number of aryl methyl sites for hydroxylation is 1. The number of amides is 1. The first-order valence-corrected chi connectivity index (χ1v) is 11.8. The van der Waals surface area contributed by atoms with Gasteiger partial charge in [0, 0.05) is 30.2 Å². The molecule has 0 atom stereocenters. The van der Waals surface area contributed by atoms with Crippen molar-refractivity contribution >= 4 is 38.2 Å². The first-order valence-electron chi connectivity index (χ1n) is 10.1. The summed E-state index contributed by atoms with van der Waals surface area (Å²) in [7, 11) is -3.36. The van der Waals surface area contributed by atoms with E-state index < -0.39 is 21.3 Å². The van der Waals surface area contributed by atoms with Gasteiger partial charge < -0.3 is 16.0 Å². The third kappa shape index (κ3) is 4.07. The van der Waals surface area contributed by atoms with Crippen LogP contribution in [0.2, 0.25) is 0 Å². The molecule has 0 fully saturated rings. The predicted octanol–water partition coefficient (Wildman–Crippen LogP) is 3.01. The second kappa shape index (κ2) is 7.53. The van der Waals surface area contributed by atoms with Gasteiger partial charge in [0.2, 0.25) is 5.91 Å². The van der Waals surface area contributed by atoms with Crippen LogP contribution in [0.3, 0.4) is 0 Å². The lowest BCUT2D eigenvalue weighted by molar-refractivity contribution is -0.121. The molecule has 7 nitrogen and oxygen atoms in total. The fourth-order valence-corrected chi connectivity index (χ4v) is 5.25. The largest absolute Gasteiger partial charge is 0.371 e. The molecule has 0 spiro atoms. The maximum absolute atomic E-state index is 12.7. The van der Waals surface area contributed by atoms with Crippen molar-refractivity contribution in [1.82, 2.24) is 4.98 Å². The van der Waals surface area contributed by atoms with Crippen molar-refractivity contribution in [3.05, 3.63) is 59.7 Å². The van der Waals surface area contributed by atoms with Gasteiger partial charge in [-0.1, -0.05) is 29.8 Å². The van der Waals surface area contributed by atoms with Crippen molar-refractivity contribution in [1.29, 1.82) is 0 Å². The summed E-state index contributed by atoms with van der Waals surface area (Å²) < 4.78 is 25.5. The number of nitrogens with one attached hydrogen (secondary N) is 1. The molecule has 0 radical (unpaired) electrons. The Morgan fingerprint density at radius 1 is 1.16 bits per heavy atom. The Labute approximate surface area is 182 Å². The van der Waals surface area contributed by atoms with Gasteiger partial charge in [-0.15, -0.1) is 0 Å². The minimum Gasteiger partial charge on any atom is -0.371 e. The number of carbonyl (C=O) groups is 1. The van der Waals surface area contributed by atoms with E-state index in [-0.39, 0.29) is 5.75 Å². The molecule has 0 unspecified atom stereocenters. The van der Waals surface area contributed by atoms with Crippen LogP contribution in [0.25, 0.3) is 10.9 Å². The summed E-state index contributed by atoms with van der Waals surface area (Å²) in [6.07, 6.45) is 0. The molecular weight excluding hydrogens is 412 g/mol. The number of fused-ring (bicyclic) bond motifs is 2. The van der Waals surface area contributed by atoms with Gasteiger partial charge in [0.05, 0.1) is 16.2 Å². The van der Waals surface area contributed by atoms with Gasteiger partial charge in [0.15, 0.2) is 9.84 Å². The number of aromatic nitrogens is 1. The first-order chi connectivity index (χ1) is 14.6. The van der Waals surface area contributed by atoms with Gasteiger partial charge in [-0.3, -0.25) is 4.79 Å². The highest BCUT2D eigenvalue weighted by Crippen LogP contribution is 2.32. The smallest absolute Gasteiger partial charge is 0.242 e. The van der Waals surface area contributed by atoms with Crippen LogP contribution in [0.5, 0.6) is 0 Å². The summed E-state index contributed by atoms with van der Waals surface area (Å²) in [5, 5.41) is 4.13. The number of anilines is 2. The predicted molar refractivity (Wildman–Crippen MR) is 123 cm³/mol. The molecule has 162 valence electrons. The summed E-state index contributed by atoms with van der Waals surface area (Å²) >= 11 is 0. The SMILES string of the molecule is Cc1ccc2nc(N3CCS(=O)(=O)c4ccccc4C3)cc(NC(C)(C)C(N)=O)c2c1. The van der Waals surface area contributed by atoms with Crippen molar-refractivity contribution in [2.24, 2.45) is 5.73 Å². The fourth-order valence-electron chi connectivity index (χ4n) is 3.75. The van der Waals surface area contributed by atoms with Crippen LogP contribution in [0.15, 0.2) is 53.4 Å². The van der Waals surface area contributed by atoms with Crippen LogP contribution in [-0.4, -0.2) is 37.1 Å². The summed E-state index contributed by atoms with van der Waals surface area (Å²) in [6.45, 7) is 6.20. The van der Waals surface area contributed by atoms with E-state index in [0.717, 1.165) is 27.7 Å². The molecule has 1 aromatic heterocycles. The number of hydrogen-bond donors (Lipinski definition) is 2. The highest BCUT2D eigenvalue weighted by molar-refractivity contribution is 7.91. The molecule has 0 saturated carbocycles. The first kappa shape index (κ1) is 21.1. The number of benzene rings is 2. The summed E-state index contributed by atoms with van der Waals surface area (Å²) in [5.41, 5.74) is 7.91. The number of carbonyl (C=O) groups excluding carboxylic acids is 1. The highest BCUT2D eigenvalue weighted by Gasteiger charge is 2.28. The Bertz CT molecular complexity index is 1290. The van der Waals surface area contributed by atoms with Crippen molar-refractivity contribution < 1.29 is 13.2 Å². The van der Waals surface area contributed by atoms with E-state index >= 15 is 0 Å². The van der Waals surface area contributed by atoms with Crippen LogP contribution in [-0.2, 0) is 21.2 Å². The molecule has 1 amide bonds. The lowest BCUT2D eigenvalue weighted by Crippen LogP contribution is -2.45. The maximum Gasteiger partial charge on any atom is 0.242 e. The molecule has 31 heavy (non-hydrogen) atoms. The van der Waals surface area contributed by atoms with E-state index in [0.29, 0.717) is 23.8 Å².